The van der Waals surface area contributed by atoms with Crippen LogP contribution in [-0.2, 0) is 11.2 Å². The Labute approximate surface area is 83.6 Å². The third kappa shape index (κ3) is 3.58. The molecule has 0 aliphatic heterocycles. The van der Waals surface area contributed by atoms with E-state index in [-0.39, 0.29) is 12.5 Å². The summed E-state index contributed by atoms with van der Waals surface area (Å²) in [4.78, 5) is 10.3. The van der Waals surface area contributed by atoms with E-state index >= 15 is 0 Å². The van der Waals surface area contributed by atoms with E-state index in [0.717, 1.165) is 5.56 Å². The number of carboxylic acids is 1. The van der Waals surface area contributed by atoms with E-state index in [1.165, 1.54) is 5.56 Å². The van der Waals surface area contributed by atoms with Crippen LogP contribution in [0, 0.1) is 6.92 Å². The van der Waals surface area contributed by atoms with Crippen LogP contribution in [0.3, 0.4) is 0 Å². The predicted molar refractivity (Wildman–Crippen MR) is 51.2 cm³/mol. The van der Waals surface area contributed by atoms with Gasteiger partial charge in [0.2, 0.25) is 0 Å². The van der Waals surface area contributed by atoms with Crippen LogP contribution in [0.25, 0.3) is 0 Å². The molecule has 0 saturated heterocycles. The van der Waals surface area contributed by atoms with Crippen LogP contribution in [0.4, 0.5) is 0 Å². The van der Waals surface area contributed by atoms with E-state index in [1.54, 1.807) is 0 Å². The maximum absolute atomic E-state index is 10.3. The number of hydrogen-bond donors (Lipinski definition) is 1. The van der Waals surface area contributed by atoms with E-state index in [4.69, 9.17) is 0 Å². The number of aliphatic carboxylic acids is 1. The molecule has 1 rings (SSSR count). The zero-order valence-corrected chi connectivity index (χ0v) is 8.32. The molecular weight excluding hydrogens is 178 g/mol. The van der Waals surface area contributed by atoms with Gasteiger partial charge in [-0.25, -0.2) is 0 Å². The molecule has 0 unspecified atom stereocenters. The number of carbonyl (C=O) groups is 1. The lowest BCUT2D eigenvalue weighted by Crippen LogP contribution is -2.63. The van der Waals surface area contributed by atoms with E-state index in [9.17, 15) is 9.90 Å². The van der Waals surface area contributed by atoms with Gasteiger partial charge in [0.25, 0.3) is 0 Å². The summed E-state index contributed by atoms with van der Waals surface area (Å²) >= 11 is 0. The number of benzene rings is 1. The highest BCUT2D eigenvalue weighted by molar-refractivity contribution is 5.64. The van der Waals surface area contributed by atoms with E-state index in [2.05, 4.69) is 5.73 Å². The summed E-state index contributed by atoms with van der Waals surface area (Å²) in [6.45, 7) is 2.02. The molecule has 0 amide bonds. The van der Waals surface area contributed by atoms with Crippen molar-refractivity contribution in [3.8, 4) is 0 Å². The lowest BCUT2D eigenvalue weighted by Gasteiger charge is -2.09. The van der Waals surface area contributed by atoms with Gasteiger partial charge in [0.15, 0.2) is 0 Å². The molecule has 1 atom stereocenters. The number of carbonyl (C=O) groups excluding carboxylic acids is 1. The fraction of sp³-hybridized carbons (Fsp3) is 0.364. The van der Waals surface area contributed by atoms with Gasteiger partial charge in [-0.3, -0.25) is 0 Å². The zero-order chi connectivity index (χ0) is 10.6. The van der Waals surface area contributed by atoms with Gasteiger partial charge in [-0.15, -0.1) is 0 Å². The van der Waals surface area contributed by atoms with Crippen molar-refractivity contribution >= 4 is 5.97 Å². The largest absolute Gasteiger partial charge is 0.550 e. The maximum atomic E-state index is 10.3. The predicted octanol–water partition coefficient (Wildman–Crippen LogP) is -0.712. The van der Waals surface area contributed by atoms with Crippen molar-refractivity contribution in [2.45, 2.75) is 25.8 Å². The highest BCUT2D eigenvalue weighted by Crippen LogP contribution is 2.05. The average molecular weight is 193 g/mol. The Morgan fingerprint density at radius 1 is 1.43 bits per heavy atom. The lowest BCUT2D eigenvalue weighted by molar-refractivity contribution is -0.423. The van der Waals surface area contributed by atoms with Gasteiger partial charge in [0.1, 0.15) is 0 Å². The third-order valence-electron chi connectivity index (χ3n) is 2.10. The van der Waals surface area contributed by atoms with Gasteiger partial charge in [0, 0.05) is 18.8 Å². The summed E-state index contributed by atoms with van der Waals surface area (Å²) in [5.74, 6) is -1.03. The summed E-state index contributed by atoms with van der Waals surface area (Å²) in [6.07, 6.45) is 0.710. The first-order chi connectivity index (χ1) is 6.58. The van der Waals surface area contributed by atoms with Crippen LogP contribution < -0.4 is 10.8 Å². The van der Waals surface area contributed by atoms with Crippen molar-refractivity contribution in [3.05, 3.63) is 35.4 Å². The number of rotatable bonds is 4. The number of aryl methyl sites for hydroxylation is 1. The van der Waals surface area contributed by atoms with E-state index in [0.29, 0.717) is 6.42 Å². The topological polar surface area (TPSA) is 67.8 Å². The van der Waals surface area contributed by atoms with Crippen LogP contribution in [0.5, 0.6) is 0 Å². The molecule has 1 aromatic rings. The second-order valence-corrected chi connectivity index (χ2v) is 3.63. The Kier molecular flexibility index (Phi) is 3.65. The first-order valence-corrected chi connectivity index (χ1v) is 4.66. The van der Waals surface area contributed by atoms with Gasteiger partial charge in [-0.2, -0.15) is 0 Å². The minimum Gasteiger partial charge on any atom is -0.550 e. The molecule has 76 valence electrons. The molecular formula is C11H15NO2. The smallest absolute Gasteiger partial charge is 0.0937 e. The Hall–Kier alpha value is -1.35. The SMILES string of the molecule is Cc1ccc(C[C@@H]([NH3+])CC(=O)[O-])cc1. The summed E-state index contributed by atoms with van der Waals surface area (Å²) in [7, 11) is 0. The second kappa shape index (κ2) is 4.77. The molecule has 1 aromatic carbocycles. The fourth-order valence-electron chi connectivity index (χ4n) is 1.37. The van der Waals surface area contributed by atoms with Gasteiger partial charge in [0.05, 0.1) is 6.04 Å². The number of quaternary nitrogens is 1. The summed E-state index contributed by atoms with van der Waals surface area (Å²) < 4.78 is 0. The molecule has 0 aliphatic carbocycles. The zero-order valence-electron chi connectivity index (χ0n) is 8.32. The Morgan fingerprint density at radius 3 is 2.50 bits per heavy atom. The van der Waals surface area contributed by atoms with Crippen LogP contribution in [0.1, 0.15) is 17.5 Å². The first kappa shape index (κ1) is 10.7. The minimum absolute atomic E-state index is 0.0217. The Balaban J connectivity index is 2.51. The van der Waals surface area contributed by atoms with Crippen molar-refractivity contribution in [3.63, 3.8) is 0 Å². The second-order valence-electron chi connectivity index (χ2n) is 3.63. The quantitative estimate of drug-likeness (QED) is 0.686. The normalized spacial score (nSPS) is 12.4. The first-order valence-electron chi connectivity index (χ1n) is 4.66. The standard InChI is InChI=1S/C11H15NO2/c1-8-2-4-9(5-3-8)6-10(12)7-11(13)14/h2-5,10H,6-7,12H2,1H3,(H,13,14)/t10-/m1/s1. The van der Waals surface area contributed by atoms with Crippen molar-refractivity contribution in [1.82, 2.24) is 0 Å². The Morgan fingerprint density at radius 2 is 2.00 bits per heavy atom. The van der Waals surface area contributed by atoms with E-state index in [1.807, 2.05) is 31.2 Å². The monoisotopic (exact) mass is 193 g/mol. The van der Waals surface area contributed by atoms with Crippen molar-refractivity contribution < 1.29 is 15.6 Å². The van der Waals surface area contributed by atoms with Crippen LogP contribution in [-0.4, -0.2) is 12.0 Å². The van der Waals surface area contributed by atoms with E-state index < -0.39 is 5.97 Å². The van der Waals surface area contributed by atoms with Crippen LogP contribution in [0.15, 0.2) is 24.3 Å². The molecule has 0 radical (unpaired) electrons. The van der Waals surface area contributed by atoms with Gasteiger partial charge < -0.3 is 15.6 Å². The molecule has 0 fully saturated rings. The highest BCUT2D eigenvalue weighted by atomic mass is 16.4. The Bertz CT molecular complexity index is 306. The third-order valence-corrected chi connectivity index (χ3v) is 2.10. The summed E-state index contributed by atoms with van der Waals surface area (Å²) in [6, 6.07) is 7.93. The summed E-state index contributed by atoms with van der Waals surface area (Å²) in [5.41, 5.74) is 6.10. The molecule has 0 aliphatic rings. The molecule has 0 bridgehead atoms. The molecule has 3 heteroatoms. The van der Waals surface area contributed by atoms with Crippen LogP contribution in [0.2, 0.25) is 0 Å². The fourth-order valence-corrected chi connectivity index (χ4v) is 1.37. The molecule has 0 aromatic heterocycles. The maximum Gasteiger partial charge on any atom is 0.0937 e. The van der Waals surface area contributed by atoms with Gasteiger partial charge in [-0.1, -0.05) is 29.8 Å². The molecule has 0 spiro atoms. The molecule has 3 N–H and O–H groups in total. The van der Waals surface area contributed by atoms with Crippen molar-refractivity contribution in [2.24, 2.45) is 0 Å². The molecule has 0 heterocycles. The number of hydrogen-bond acceptors (Lipinski definition) is 2. The van der Waals surface area contributed by atoms with Crippen molar-refractivity contribution in [2.75, 3.05) is 0 Å². The molecule has 0 saturated carbocycles. The summed E-state index contributed by atoms with van der Waals surface area (Å²) in [5, 5.41) is 10.3. The van der Waals surface area contributed by atoms with Gasteiger partial charge in [-0.05, 0) is 12.5 Å². The number of carboxylic acid groups (broad SMARTS) is 1. The van der Waals surface area contributed by atoms with Crippen LogP contribution >= 0.6 is 0 Å². The van der Waals surface area contributed by atoms with Gasteiger partial charge >= 0.3 is 0 Å². The van der Waals surface area contributed by atoms with Crippen molar-refractivity contribution in [1.29, 1.82) is 0 Å². The highest BCUT2D eigenvalue weighted by Gasteiger charge is 2.07. The molecule has 14 heavy (non-hydrogen) atoms. The minimum atomic E-state index is -1.03. The average Bonchev–Trinajstić information content (AvgIpc) is 2.07. The lowest BCUT2D eigenvalue weighted by atomic mass is 10.0. The molecule has 3 nitrogen and oxygen atoms in total.